The number of anilines is 1. The van der Waals surface area contributed by atoms with Crippen molar-refractivity contribution in [2.24, 2.45) is 0 Å². The number of aromatic nitrogens is 1. The molecule has 0 unspecified atom stereocenters. The zero-order chi connectivity index (χ0) is 12.8. The fraction of sp³-hybridized carbons (Fsp3) is 0.143. The second-order valence-electron chi connectivity index (χ2n) is 3.90. The molecule has 2 aromatic rings. The van der Waals surface area contributed by atoms with E-state index in [0.29, 0.717) is 0 Å². The van der Waals surface area contributed by atoms with Gasteiger partial charge in [0.05, 0.1) is 0 Å². The van der Waals surface area contributed by atoms with E-state index >= 15 is 0 Å². The third-order valence-electron chi connectivity index (χ3n) is 2.56. The van der Waals surface area contributed by atoms with Crippen molar-refractivity contribution in [1.29, 1.82) is 0 Å². The Balaban J connectivity index is 1.90. The maximum absolute atomic E-state index is 10.8. The van der Waals surface area contributed by atoms with E-state index in [4.69, 9.17) is 5.11 Å². The highest BCUT2D eigenvalue weighted by molar-refractivity contribution is 5.86. The van der Waals surface area contributed by atoms with E-state index in [1.165, 1.54) is 17.8 Å². The Morgan fingerprint density at radius 1 is 1.22 bits per heavy atom. The van der Waals surface area contributed by atoms with Crippen molar-refractivity contribution < 1.29 is 9.90 Å². The van der Waals surface area contributed by atoms with Crippen LogP contribution >= 0.6 is 0 Å². The van der Waals surface area contributed by atoms with E-state index in [9.17, 15) is 4.79 Å². The summed E-state index contributed by atoms with van der Waals surface area (Å²) in [6, 6.07) is 13.4. The largest absolute Gasteiger partial charge is 0.477 e. The van der Waals surface area contributed by atoms with Crippen LogP contribution in [-0.4, -0.2) is 22.6 Å². The Labute approximate surface area is 105 Å². The van der Waals surface area contributed by atoms with Crippen LogP contribution in [-0.2, 0) is 6.42 Å². The molecule has 0 spiro atoms. The topological polar surface area (TPSA) is 62.2 Å². The molecule has 18 heavy (non-hydrogen) atoms. The Kier molecular flexibility index (Phi) is 3.91. The molecular formula is C14H14N2O2. The van der Waals surface area contributed by atoms with Crippen molar-refractivity contribution >= 4 is 11.7 Å². The highest BCUT2D eigenvalue weighted by atomic mass is 16.4. The molecule has 0 saturated carbocycles. The van der Waals surface area contributed by atoms with Gasteiger partial charge in [-0.25, -0.2) is 9.78 Å². The van der Waals surface area contributed by atoms with Crippen molar-refractivity contribution in [1.82, 2.24) is 4.98 Å². The first-order valence-corrected chi connectivity index (χ1v) is 5.73. The average Bonchev–Trinajstić information content (AvgIpc) is 2.40. The van der Waals surface area contributed by atoms with Gasteiger partial charge in [-0.3, -0.25) is 0 Å². The van der Waals surface area contributed by atoms with Crippen LogP contribution in [0.1, 0.15) is 16.1 Å². The number of carboxylic acids is 1. The molecule has 0 saturated heterocycles. The molecule has 0 amide bonds. The van der Waals surface area contributed by atoms with Crippen molar-refractivity contribution in [2.45, 2.75) is 6.42 Å². The minimum absolute atomic E-state index is 0.0553. The van der Waals surface area contributed by atoms with Gasteiger partial charge < -0.3 is 10.4 Å². The minimum Gasteiger partial charge on any atom is -0.477 e. The Morgan fingerprint density at radius 2 is 2.00 bits per heavy atom. The molecule has 1 aromatic heterocycles. The molecule has 4 nitrogen and oxygen atoms in total. The number of nitrogens with zero attached hydrogens (tertiary/aromatic N) is 1. The van der Waals surface area contributed by atoms with E-state index in [2.05, 4.69) is 22.4 Å². The lowest BCUT2D eigenvalue weighted by Gasteiger charge is -2.06. The van der Waals surface area contributed by atoms with Crippen molar-refractivity contribution in [3.8, 4) is 0 Å². The Hall–Kier alpha value is -2.36. The highest BCUT2D eigenvalue weighted by Crippen LogP contribution is 2.08. The zero-order valence-electron chi connectivity index (χ0n) is 9.84. The first-order chi connectivity index (χ1) is 8.75. The molecule has 4 heteroatoms. The first kappa shape index (κ1) is 12.1. The molecule has 92 valence electrons. The molecule has 2 N–H and O–H groups in total. The van der Waals surface area contributed by atoms with Gasteiger partial charge in [0, 0.05) is 18.4 Å². The summed E-state index contributed by atoms with van der Waals surface area (Å²) in [7, 11) is 0. The molecule has 0 radical (unpaired) electrons. The van der Waals surface area contributed by atoms with E-state index < -0.39 is 5.97 Å². The van der Waals surface area contributed by atoms with Crippen LogP contribution in [0.5, 0.6) is 0 Å². The molecular weight excluding hydrogens is 228 g/mol. The zero-order valence-corrected chi connectivity index (χ0v) is 9.84. The summed E-state index contributed by atoms with van der Waals surface area (Å²) in [5.41, 5.74) is 2.08. The predicted molar refractivity (Wildman–Crippen MR) is 69.8 cm³/mol. The molecule has 0 aliphatic carbocycles. The van der Waals surface area contributed by atoms with Crippen LogP contribution in [0.15, 0.2) is 48.7 Å². The van der Waals surface area contributed by atoms with Crippen LogP contribution in [0.2, 0.25) is 0 Å². The monoisotopic (exact) mass is 242 g/mol. The molecule has 2 rings (SSSR count). The summed E-state index contributed by atoms with van der Waals surface area (Å²) < 4.78 is 0. The van der Waals surface area contributed by atoms with Crippen LogP contribution in [0, 0.1) is 0 Å². The average molecular weight is 242 g/mol. The molecule has 0 atom stereocenters. The van der Waals surface area contributed by atoms with Gasteiger partial charge in [-0.15, -0.1) is 0 Å². The van der Waals surface area contributed by atoms with Gasteiger partial charge in [-0.05, 0) is 24.1 Å². The lowest BCUT2D eigenvalue weighted by molar-refractivity contribution is 0.0690. The summed E-state index contributed by atoms with van der Waals surface area (Å²) in [5.74, 6) is -1.01. The molecule has 0 aliphatic rings. The smallest absolute Gasteiger partial charge is 0.354 e. The highest BCUT2D eigenvalue weighted by Gasteiger charge is 2.04. The second kappa shape index (κ2) is 5.82. The Morgan fingerprint density at radius 3 is 2.72 bits per heavy atom. The van der Waals surface area contributed by atoms with Gasteiger partial charge in [-0.1, -0.05) is 30.3 Å². The summed E-state index contributed by atoms with van der Waals surface area (Å²) in [6.45, 7) is 0.757. The Bertz CT molecular complexity index is 526. The van der Waals surface area contributed by atoms with E-state index in [1.807, 2.05) is 18.2 Å². The lowest BCUT2D eigenvalue weighted by Crippen LogP contribution is -2.07. The second-order valence-corrected chi connectivity index (χ2v) is 3.90. The van der Waals surface area contributed by atoms with Crippen molar-refractivity contribution in [2.75, 3.05) is 11.9 Å². The van der Waals surface area contributed by atoms with E-state index in [-0.39, 0.29) is 5.69 Å². The fourth-order valence-electron chi connectivity index (χ4n) is 1.65. The van der Waals surface area contributed by atoms with Crippen LogP contribution < -0.4 is 5.32 Å². The molecule has 0 fully saturated rings. The number of hydrogen-bond acceptors (Lipinski definition) is 3. The number of nitrogens with one attached hydrogen (secondary N) is 1. The summed E-state index contributed by atoms with van der Waals surface area (Å²) in [4.78, 5) is 14.5. The summed E-state index contributed by atoms with van der Waals surface area (Å²) >= 11 is 0. The number of carboxylic acid groups (broad SMARTS) is 1. The lowest BCUT2D eigenvalue weighted by atomic mass is 10.1. The van der Waals surface area contributed by atoms with Gasteiger partial charge in [0.2, 0.25) is 0 Å². The van der Waals surface area contributed by atoms with Gasteiger partial charge in [0.25, 0.3) is 0 Å². The standard InChI is InChI=1S/C14H14N2O2/c17-14(18)13-10-12(7-9-16-13)15-8-6-11-4-2-1-3-5-11/h1-5,7,9-10H,6,8H2,(H,15,16)(H,17,18). The number of hydrogen-bond donors (Lipinski definition) is 2. The van der Waals surface area contributed by atoms with Crippen LogP contribution in [0.3, 0.4) is 0 Å². The first-order valence-electron chi connectivity index (χ1n) is 5.73. The van der Waals surface area contributed by atoms with Crippen molar-refractivity contribution in [3.63, 3.8) is 0 Å². The molecule has 1 aromatic carbocycles. The van der Waals surface area contributed by atoms with Gasteiger partial charge in [0.15, 0.2) is 0 Å². The number of benzene rings is 1. The number of aromatic carboxylic acids is 1. The normalized spacial score (nSPS) is 10.0. The van der Waals surface area contributed by atoms with Crippen LogP contribution in [0.25, 0.3) is 0 Å². The predicted octanol–water partition coefficient (Wildman–Crippen LogP) is 2.43. The maximum atomic E-state index is 10.8. The van der Waals surface area contributed by atoms with Gasteiger partial charge in [0.1, 0.15) is 5.69 Å². The minimum atomic E-state index is -1.01. The summed E-state index contributed by atoms with van der Waals surface area (Å²) in [5, 5.41) is 12.0. The number of pyridine rings is 1. The molecule has 0 bridgehead atoms. The molecule has 1 heterocycles. The van der Waals surface area contributed by atoms with E-state index in [1.54, 1.807) is 6.07 Å². The van der Waals surface area contributed by atoms with Crippen molar-refractivity contribution in [3.05, 3.63) is 59.9 Å². The molecule has 0 aliphatic heterocycles. The third-order valence-corrected chi connectivity index (χ3v) is 2.56. The SMILES string of the molecule is O=C(O)c1cc(NCCc2ccccc2)ccn1. The number of rotatable bonds is 5. The maximum Gasteiger partial charge on any atom is 0.354 e. The van der Waals surface area contributed by atoms with E-state index in [0.717, 1.165) is 18.7 Å². The van der Waals surface area contributed by atoms with Gasteiger partial charge >= 0.3 is 5.97 Å². The third kappa shape index (κ3) is 3.31. The summed E-state index contributed by atoms with van der Waals surface area (Å²) in [6.07, 6.45) is 2.39. The van der Waals surface area contributed by atoms with Gasteiger partial charge in [-0.2, -0.15) is 0 Å². The fourth-order valence-corrected chi connectivity index (χ4v) is 1.65. The quantitative estimate of drug-likeness (QED) is 0.845. The van der Waals surface area contributed by atoms with Crippen LogP contribution in [0.4, 0.5) is 5.69 Å². The number of carbonyl (C=O) groups is 1.